The van der Waals surface area contributed by atoms with Crippen LogP contribution in [-0.4, -0.2) is 22.4 Å². The highest BCUT2D eigenvalue weighted by Crippen LogP contribution is 2.28. The van der Waals surface area contributed by atoms with Gasteiger partial charge in [-0.25, -0.2) is 0 Å². The van der Waals surface area contributed by atoms with Gasteiger partial charge in [0.05, 0.1) is 5.69 Å². The molecule has 1 unspecified atom stereocenters. The standard InChI is InChI=1S/C11H13Br2N3O5/c12-7-3-6(11(14)8(13)4-7)5-15-9(21-16(19)20)1-2-10(17)18/h3-4,9,15H,1-2,5,14H2,(H,17,18). The molecule has 0 radical (unpaired) electrons. The van der Waals surface area contributed by atoms with Crippen LogP contribution in [-0.2, 0) is 16.2 Å². The highest BCUT2D eigenvalue weighted by molar-refractivity contribution is 9.11. The second kappa shape index (κ2) is 8.15. The van der Waals surface area contributed by atoms with Gasteiger partial charge in [-0.2, -0.15) is 0 Å². The summed E-state index contributed by atoms with van der Waals surface area (Å²) in [6.45, 7) is 0.196. The molecule has 1 aromatic carbocycles. The first kappa shape index (κ1) is 17.7. The van der Waals surface area contributed by atoms with Crippen LogP contribution < -0.4 is 11.1 Å². The Bertz CT molecular complexity index is 541. The van der Waals surface area contributed by atoms with Crippen LogP contribution in [0.15, 0.2) is 21.1 Å². The second-order valence-electron chi connectivity index (χ2n) is 4.09. The molecule has 0 spiro atoms. The first-order valence-corrected chi connectivity index (χ1v) is 7.38. The van der Waals surface area contributed by atoms with Crippen molar-refractivity contribution in [1.29, 1.82) is 0 Å². The third kappa shape index (κ3) is 6.27. The molecule has 4 N–H and O–H groups in total. The van der Waals surface area contributed by atoms with Crippen molar-refractivity contribution in [3.05, 3.63) is 36.8 Å². The molecule has 0 heterocycles. The van der Waals surface area contributed by atoms with Gasteiger partial charge >= 0.3 is 5.97 Å². The van der Waals surface area contributed by atoms with Crippen LogP contribution in [0, 0.1) is 10.1 Å². The van der Waals surface area contributed by atoms with Gasteiger partial charge in [0.25, 0.3) is 5.09 Å². The van der Waals surface area contributed by atoms with Crippen LogP contribution in [0.5, 0.6) is 0 Å². The number of aliphatic carboxylic acids is 1. The lowest BCUT2D eigenvalue weighted by Crippen LogP contribution is -2.34. The number of benzene rings is 1. The van der Waals surface area contributed by atoms with Crippen LogP contribution in [0.25, 0.3) is 0 Å². The van der Waals surface area contributed by atoms with Gasteiger partial charge in [-0.05, 0) is 40.0 Å². The maximum Gasteiger partial charge on any atom is 0.303 e. The first-order valence-electron chi connectivity index (χ1n) is 5.79. The number of carboxylic acid groups (broad SMARTS) is 1. The molecule has 1 atom stereocenters. The zero-order valence-electron chi connectivity index (χ0n) is 10.7. The van der Waals surface area contributed by atoms with Crippen LogP contribution in [0.1, 0.15) is 18.4 Å². The minimum Gasteiger partial charge on any atom is -0.481 e. The molecule has 1 rings (SSSR count). The van der Waals surface area contributed by atoms with Gasteiger partial charge in [-0.3, -0.25) is 14.9 Å². The molecule has 8 nitrogen and oxygen atoms in total. The fourth-order valence-electron chi connectivity index (χ4n) is 1.56. The Morgan fingerprint density at radius 2 is 2.19 bits per heavy atom. The number of rotatable bonds is 8. The fourth-order valence-corrected chi connectivity index (χ4v) is 2.87. The van der Waals surface area contributed by atoms with E-state index in [1.807, 2.05) is 0 Å². The molecular formula is C11H13Br2N3O5. The van der Waals surface area contributed by atoms with Gasteiger partial charge in [0, 0.05) is 21.9 Å². The molecule has 1 aromatic rings. The van der Waals surface area contributed by atoms with E-state index in [4.69, 9.17) is 10.8 Å². The van der Waals surface area contributed by atoms with Crippen molar-refractivity contribution in [2.75, 3.05) is 5.73 Å². The number of nitrogens with one attached hydrogen (secondary N) is 1. The summed E-state index contributed by atoms with van der Waals surface area (Å²) in [7, 11) is 0. The van der Waals surface area contributed by atoms with Gasteiger partial charge < -0.3 is 10.8 Å². The first-order chi connectivity index (χ1) is 9.79. The Morgan fingerprint density at radius 1 is 1.52 bits per heavy atom. The topological polar surface area (TPSA) is 128 Å². The summed E-state index contributed by atoms with van der Waals surface area (Å²) in [6.07, 6.45) is -1.30. The Labute approximate surface area is 137 Å². The molecule has 116 valence electrons. The van der Waals surface area contributed by atoms with E-state index < -0.39 is 17.3 Å². The Hall–Kier alpha value is -1.39. The summed E-state index contributed by atoms with van der Waals surface area (Å²) >= 11 is 6.61. The van der Waals surface area contributed by atoms with E-state index in [0.29, 0.717) is 15.7 Å². The van der Waals surface area contributed by atoms with Gasteiger partial charge in [-0.15, -0.1) is 10.1 Å². The van der Waals surface area contributed by atoms with Crippen molar-refractivity contribution in [2.45, 2.75) is 25.6 Å². The molecule has 21 heavy (non-hydrogen) atoms. The number of carboxylic acids is 1. The number of nitrogen functional groups attached to an aromatic ring is 1. The number of nitrogens with two attached hydrogens (primary N) is 1. The zero-order valence-corrected chi connectivity index (χ0v) is 13.9. The summed E-state index contributed by atoms with van der Waals surface area (Å²) < 4.78 is 1.48. The molecule has 0 aliphatic rings. The number of carbonyl (C=O) groups is 1. The third-order valence-electron chi connectivity index (χ3n) is 2.53. The predicted molar refractivity (Wildman–Crippen MR) is 81.8 cm³/mol. The number of anilines is 1. The average molecular weight is 427 g/mol. The van der Waals surface area contributed by atoms with Crippen LogP contribution in [0.2, 0.25) is 0 Å². The van der Waals surface area contributed by atoms with Crippen molar-refractivity contribution in [3.63, 3.8) is 0 Å². The van der Waals surface area contributed by atoms with Gasteiger partial charge in [-0.1, -0.05) is 15.9 Å². The summed E-state index contributed by atoms with van der Waals surface area (Å²) in [6, 6.07) is 3.53. The van der Waals surface area contributed by atoms with E-state index in [1.54, 1.807) is 12.1 Å². The minimum absolute atomic E-state index is 0.0363. The summed E-state index contributed by atoms with van der Waals surface area (Å²) in [5.41, 5.74) is 7.07. The van der Waals surface area contributed by atoms with E-state index >= 15 is 0 Å². The molecule has 0 aromatic heterocycles. The normalized spacial score (nSPS) is 11.9. The molecule has 0 saturated heterocycles. The number of hydrogen-bond acceptors (Lipinski definition) is 6. The molecule has 0 saturated carbocycles. The molecule has 0 aliphatic heterocycles. The lowest BCUT2D eigenvalue weighted by atomic mass is 10.1. The monoisotopic (exact) mass is 425 g/mol. The molecule has 10 heteroatoms. The fraction of sp³-hybridized carbons (Fsp3) is 0.364. The maximum absolute atomic E-state index is 10.5. The highest BCUT2D eigenvalue weighted by atomic mass is 79.9. The highest BCUT2D eigenvalue weighted by Gasteiger charge is 2.15. The van der Waals surface area contributed by atoms with Crippen molar-refractivity contribution < 1.29 is 19.8 Å². The Morgan fingerprint density at radius 3 is 2.76 bits per heavy atom. The number of halogens is 2. The molecule has 0 aliphatic carbocycles. The summed E-state index contributed by atoms with van der Waals surface area (Å²) in [5.74, 6) is -1.06. The lowest BCUT2D eigenvalue weighted by molar-refractivity contribution is -0.770. The smallest absolute Gasteiger partial charge is 0.303 e. The van der Waals surface area contributed by atoms with Crippen LogP contribution >= 0.6 is 31.9 Å². The van der Waals surface area contributed by atoms with Crippen LogP contribution in [0.4, 0.5) is 5.69 Å². The van der Waals surface area contributed by atoms with E-state index in [-0.39, 0.29) is 19.4 Å². The van der Waals surface area contributed by atoms with Crippen molar-refractivity contribution >= 4 is 43.5 Å². The lowest BCUT2D eigenvalue weighted by Gasteiger charge is -2.17. The zero-order chi connectivity index (χ0) is 16.0. The SMILES string of the molecule is Nc1c(Br)cc(Br)cc1CNC(CCC(=O)O)O[N+](=O)[O-]. The van der Waals surface area contributed by atoms with Gasteiger partial charge in [0.2, 0.25) is 0 Å². The van der Waals surface area contributed by atoms with E-state index in [9.17, 15) is 14.9 Å². The van der Waals surface area contributed by atoms with E-state index in [1.165, 1.54) is 0 Å². The predicted octanol–water partition coefficient (Wildman–Crippen LogP) is 2.28. The molecule has 0 bridgehead atoms. The largest absolute Gasteiger partial charge is 0.481 e. The van der Waals surface area contributed by atoms with Gasteiger partial charge in [0.15, 0.2) is 6.23 Å². The van der Waals surface area contributed by atoms with Crippen molar-refractivity contribution in [1.82, 2.24) is 5.32 Å². The summed E-state index contributed by atoms with van der Waals surface area (Å²) in [5, 5.41) is 20.8. The van der Waals surface area contributed by atoms with Gasteiger partial charge in [0.1, 0.15) is 0 Å². The van der Waals surface area contributed by atoms with Crippen molar-refractivity contribution in [2.24, 2.45) is 0 Å². The Kier molecular flexibility index (Phi) is 6.85. The van der Waals surface area contributed by atoms with Crippen LogP contribution in [0.3, 0.4) is 0 Å². The quantitative estimate of drug-likeness (QED) is 0.251. The second-order valence-corrected chi connectivity index (χ2v) is 5.86. The maximum atomic E-state index is 10.5. The number of hydrogen-bond donors (Lipinski definition) is 3. The minimum atomic E-state index is -1.06. The molecule has 0 fully saturated rings. The van der Waals surface area contributed by atoms with E-state index in [2.05, 4.69) is 42.0 Å². The third-order valence-corrected chi connectivity index (χ3v) is 3.65. The Balaban J connectivity index is 2.71. The van der Waals surface area contributed by atoms with Crippen molar-refractivity contribution in [3.8, 4) is 0 Å². The summed E-state index contributed by atoms with van der Waals surface area (Å²) in [4.78, 5) is 25.3. The molecular weight excluding hydrogens is 414 g/mol. The average Bonchev–Trinajstić information content (AvgIpc) is 2.37. The van der Waals surface area contributed by atoms with E-state index in [0.717, 1.165) is 4.47 Å². The molecule has 0 amide bonds. The number of nitrogens with zero attached hydrogens (tertiary/aromatic N) is 1.